The van der Waals surface area contributed by atoms with Crippen LogP contribution in [-0.4, -0.2) is 17.5 Å². The molecule has 3 aromatic carbocycles. The Balaban J connectivity index is 0.000000678. The smallest absolute Gasteiger partial charge is 0.248 e. The summed E-state index contributed by atoms with van der Waals surface area (Å²) in [6.07, 6.45) is 3.75. The Morgan fingerprint density at radius 1 is 0.944 bits per heavy atom. The molecule has 0 bridgehead atoms. The highest BCUT2D eigenvalue weighted by molar-refractivity contribution is 9.10. The standard InChI is InChI=1S/C25H23BrN2OS.C5H13N/c1-18(17-30-19(2)27-23-15-13-22(26)14-16-23)25(29)28-24(20-9-5-3-6-10-20)21-11-7-4-8-12-21;1-2-3-4-5-6/h3-17,24H,1-2H3,(H,28,29);2-6H2,1H3/b18-17+,27-19?;. The number of carbonyl (C=O) groups excluding carboxylic acids is 1. The van der Waals surface area contributed by atoms with Gasteiger partial charge in [-0.05, 0) is 67.6 Å². The summed E-state index contributed by atoms with van der Waals surface area (Å²) >= 11 is 4.87. The second-order valence-corrected chi connectivity index (χ2v) is 10.2. The number of carbonyl (C=O) groups is 1. The van der Waals surface area contributed by atoms with Crippen LogP contribution in [0.5, 0.6) is 0 Å². The number of unbranched alkanes of at least 4 members (excludes halogenated alkanes) is 2. The summed E-state index contributed by atoms with van der Waals surface area (Å²) < 4.78 is 1.02. The number of aliphatic imine (C=N–C) groups is 1. The Labute approximate surface area is 228 Å². The summed E-state index contributed by atoms with van der Waals surface area (Å²) in [6, 6.07) is 27.6. The Morgan fingerprint density at radius 3 is 1.97 bits per heavy atom. The van der Waals surface area contributed by atoms with Crippen molar-refractivity contribution >= 4 is 44.3 Å². The van der Waals surface area contributed by atoms with E-state index in [0.717, 1.165) is 32.9 Å². The van der Waals surface area contributed by atoms with E-state index in [1.807, 2.05) is 104 Å². The molecule has 190 valence electrons. The molecule has 0 spiro atoms. The van der Waals surface area contributed by atoms with E-state index in [2.05, 4.69) is 33.2 Å². The highest BCUT2D eigenvalue weighted by atomic mass is 79.9. The molecule has 0 atom stereocenters. The summed E-state index contributed by atoms with van der Waals surface area (Å²) in [5, 5.41) is 5.88. The van der Waals surface area contributed by atoms with Crippen LogP contribution in [0.2, 0.25) is 0 Å². The molecular formula is C30H36BrN3OS. The minimum Gasteiger partial charge on any atom is -0.341 e. The lowest BCUT2D eigenvalue weighted by Gasteiger charge is -2.20. The van der Waals surface area contributed by atoms with Gasteiger partial charge in [-0.3, -0.25) is 4.79 Å². The molecular weight excluding hydrogens is 530 g/mol. The average molecular weight is 567 g/mol. The molecule has 0 unspecified atom stereocenters. The average Bonchev–Trinajstić information content (AvgIpc) is 2.91. The van der Waals surface area contributed by atoms with Gasteiger partial charge in [0.2, 0.25) is 5.91 Å². The third kappa shape index (κ3) is 10.9. The number of rotatable bonds is 9. The lowest BCUT2D eigenvalue weighted by Crippen LogP contribution is -2.29. The second-order valence-electron chi connectivity index (χ2n) is 8.25. The number of nitrogens with one attached hydrogen (secondary N) is 1. The maximum atomic E-state index is 12.9. The van der Waals surface area contributed by atoms with Gasteiger partial charge in [0.25, 0.3) is 0 Å². The predicted octanol–water partition coefficient (Wildman–Crippen LogP) is 8.18. The van der Waals surface area contributed by atoms with Gasteiger partial charge in [-0.15, -0.1) is 0 Å². The van der Waals surface area contributed by atoms with E-state index in [1.54, 1.807) is 0 Å². The van der Waals surface area contributed by atoms with Gasteiger partial charge in [-0.2, -0.15) is 0 Å². The number of hydrogen-bond acceptors (Lipinski definition) is 4. The van der Waals surface area contributed by atoms with Crippen molar-refractivity contribution in [3.8, 4) is 0 Å². The van der Waals surface area contributed by atoms with Crippen LogP contribution < -0.4 is 11.1 Å². The van der Waals surface area contributed by atoms with Gasteiger partial charge in [-0.1, -0.05) is 108 Å². The van der Waals surface area contributed by atoms with Gasteiger partial charge < -0.3 is 11.1 Å². The van der Waals surface area contributed by atoms with Crippen molar-refractivity contribution in [2.75, 3.05) is 6.54 Å². The van der Waals surface area contributed by atoms with E-state index in [-0.39, 0.29) is 11.9 Å². The molecule has 4 nitrogen and oxygen atoms in total. The van der Waals surface area contributed by atoms with Gasteiger partial charge in [0.15, 0.2) is 0 Å². The number of amides is 1. The van der Waals surface area contributed by atoms with E-state index in [4.69, 9.17) is 5.73 Å². The maximum absolute atomic E-state index is 12.9. The van der Waals surface area contributed by atoms with Crippen molar-refractivity contribution in [3.63, 3.8) is 0 Å². The normalized spacial score (nSPS) is 11.6. The fraction of sp³-hybridized carbons (Fsp3) is 0.267. The molecule has 3 N–H and O–H groups in total. The number of nitrogens with two attached hydrogens (primary N) is 1. The molecule has 6 heteroatoms. The summed E-state index contributed by atoms with van der Waals surface area (Å²) in [6.45, 7) is 6.79. The van der Waals surface area contributed by atoms with Gasteiger partial charge in [0.05, 0.1) is 16.8 Å². The monoisotopic (exact) mass is 565 g/mol. The van der Waals surface area contributed by atoms with Gasteiger partial charge in [-0.25, -0.2) is 4.99 Å². The largest absolute Gasteiger partial charge is 0.341 e. The Hall–Kier alpha value is -2.67. The summed E-state index contributed by atoms with van der Waals surface area (Å²) in [5.74, 6) is -0.100. The zero-order valence-electron chi connectivity index (χ0n) is 21.3. The van der Waals surface area contributed by atoms with Crippen molar-refractivity contribution in [2.45, 2.75) is 46.1 Å². The van der Waals surface area contributed by atoms with Crippen LogP contribution in [0.25, 0.3) is 0 Å². The van der Waals surface area contributed by atoms with Crippen molar-refractivity contribution in [1.82, 2.24) is 5.32 Å². The van der Waals surface area contributed by atoms with Crippen molar-refractivity contribution in [3.05, 3.63) is 112 Å². The number of thioether (sulfide) groups is 1. The van der Waals surface area contributed by atoms with Crippen LogP contribution in [0.4, 0.5) is 5.69 Å². The molecule has 0 saturated carbocycles. The molecule has 0 heterocycles. The Bertz CT molecular complexity index is 1060. The lowest BCUT2D eigenvalue weighted by molar-refractivity contribution is -0.117. The molecule has 3 rings (SSSR count). The minimum absolute atomic E-state index is 0.100. The van der Waals surface area contributed by atoms with Crippen LogP contribution in [0.1, 0.15) is 57.2 Å². The molecule has 36 heavy (non-hydrogen) atoms. The number of halogens is 1. The van der Waals surface area contributed by atoms with Crippen molar-refractivity contribution in [2.24, 2.45) is 10.7 Å². The first-order valence-electron chi connectivity index (χ1n) is 12.2. The van der Waals surface area contributed by atoms with Gasteiger partial charge >= 0.3 is 0 Å². The third-order valence-electron chi connectivity index (χ3n) is 5.23. The van der Waals surface area contributed by atoms with E-state index in [9.17, 15) is 4.79 Å². The number of hydrogen-bond donors (Lipinski definition) is 2. The minimum atomic E-state index is -0.203. The van der Waals surface area contributed by atoms with Crippen LogP contribution >= 0.6 is 27.7 Å². The zero-order chi connectivity index (χ0) is 26.2. The summed E-state index contributed by atoms with van der Waals surface area (Å²) in [4.78, 5) is 17.4. The first-order valence-corrected chi connectivity index (χ1v) is 13.9. The number of benzene rings is 3. The molecule has 0 aromatic heterocycles. The van der Waals surface area contributed by atoms with E-state index >= 15 is 0 Å². The summed E-state index contributed by atoms with van der Waals surface area (Å²) in [5.41, 5.74) is 8.83. The Morgan fingerprint density at radius 2 is 1.50 bits per heavy atom. The fourth-order valence-corrected chi connectivity index (χ4v) is 4.12. The highest BCUT2D eigenvalue weighted by Gasteiger charge is 2.17. The van der Waals surface area contributed by atoms with E-state index < -0.39 is 0 Å². The quantitative estimate of drug-likeness (QED) is 0.119. The van der Waals surface area contributed by atoms with Crippen LogP contribution in [0.3, 0.4) is 0 Å². The first kappa shape index (κ1) is 29.6. The molecule has 0 radical (unpaired) electrons. The fourth-order valence-electron chi connectivity index (χ4n) is 3.24. The topological polar surface area (TPSA) is 67.5 Å². The van der Waals surface area contributed by atoms with Crippen molar-refractivity contribution in [1.29, 1.82) is 0 Å². The van der Waals surface area contributed by atoms with Gasteiger partial charge in [0.1, 0.15) is 0 Å². The molecule has 0 saturated heterocycles. The highest BCUT2D eigenvalue weighted by Crippen LogP contribution is 2.23. The molecule has 3 aromatic rings. The second kappa shape index (κ2) is 16.9. The van der Waals surface area contributed by atoms with Gasteiger partial charge in [0, 0.05) is 10.0 Å². The molecule has 1 amide bonds. The molecule has 0 aliphatic rings. The zero-order valence-corrected chi connectivity index (χ0v) is 23.7. The van der Waals surface area contributed by atoms with Crippen LogP contribution in [-0.2, 0) is 4.79 Å². The SMILES string of the molecule is CC(=Nc1ccc(Br)cc1)S/C=C(\C)C(=O)NC(c1ccccc1)c1ccccc1.CCCCCN. The third-order valence-corrected chi connectivity index (χ3v) is 6.66. The van der Waals surface area contributed by atoms with E-state index in [1.165, 1.54) is 31.0 Å². The maximum Gasteiger partial charge on any atom is 0.248 e. The van der Waals surface area contributed by atoms with Crippen LogP contribution in [0.15, 0.2) is 105 Å². The molecule has 0 aliphatic heterocycles. The van der Waals surface area contributed by atoms with Crippen LogP contribution in [0, 0.1) is 0 Å². The summed E-state index contributed by atoms with van der Waals surface area (Å²) in [7, 11) is 0. The lowest BCUT2D eigenvalue weighted by atomic mass is 9.98. The predicted molar refractivity (Wildman–Crippen MR) is 160 cm³/mol. The van der Waals surface area contributed by atoms with E-state index in [0.29, 0.717) is 5.57 Å². The number of nitrogens with zero attached hydrogens (tertiary/aromatic N) is 1. The molecule has 0 aliphatic carbocycles. The van der Waals surface area contributed by atoms with Crippen molar-refractivity contribution < 1.29 is 4.79 Å². The Kier molecular flexibility index (Phi) is 13.9. The first-order chi connectivity index (χ1) is 17.4. The molecule has 0 fully saturated rings.